The van der Waals surface area contributed by atoms with Gasteiger partial charge in [-0.15, -0.1) is 0 Å². The quantitative estimate of drug-likeness (QED) is 0.606. The van der Waals surface area contributed by atoms with Gasteiger partial charge in [0.25, 0.3) is 5.91 Å². The summed E-state index contributed by atoms with van der Waals surface area (Å²) in [7, 11) is 0. The van der Waals surface area contributed by atoms with Gasteiger partial charge >= 0.3 is 0 Å². The molecule has 0 bridgehead atoms. The number of fused-ring (bicyclic) bond motifs is 1. The third-order valence-electron chi connectivity index (χ3n) is 4.11. The minimum absolute atomic E-state index is 0.177. The van der Waals surface area contributed by atoms with Gasteiger partial charge in [0, 0.05) is 18.4 Å². The molecule has 8 heteroatoms. The lowest BCUT2D eigenvalue weighted by Gasteiger charge is -2.17. The van der Waals surface area contributed by atoms with E-state index < -0.39 is 24.0 Å². The molecule has 0 saturated carbocycles. The standard InChI is InChI=1S/C18H23N5O3/c1-11-6-7-14-13(10-11)16(22-23(14)9-5-3-4-8-19)18(26)21-15(12(2)24)17(20)25/h6-7,10,12,15,24H,3-5,9H2,1-2H3,(H2,20,25)(H,21,26)/t12-,15?/m1/s1. The number of benzene rings is 1. The van der Waals surface area contributed by atoms with Crippen LogP contribution < -0.4 is 11.1 Å². The van der Waals surface area contributed by atoms with Gasteiger partial charge in [-0.25, -0.2) is 0 Å². The number of aliphatic hydroxyl groups excluding tert-OH is 1. The number of rotatable bonds is 8. The number of unbranched alkanes of at least 4 members (excludes halogenated alkanes) is 2. The van der Waals surface area contributed by atoms with E-state index in [1.165, 1.54) is 6.92 Å². The molecule has 1 aromatic heterocycles. The van der Waals surface area contributed by atoms with Gasteiger partial charge in [-0.2, -0.15) is 10.4 Å². The van der Waals surface area contributed by atoms with Crippen molar-refractivity contribution in [3.63, 3.8) is 0 Å². The summed E-state index contributed by atoms with van der Waals surface area (Å²) in [6, 6.07) is 6.58. The minimum Gasteiger partial charge on any atom is -0.391 e. The highest BCUT2D eigenvalue weighted by atomic mass is 16.3. The number of nitriles is 1. The van der Waals surface area contributed by atoms with Crippen molar-refractivity contribution < 1.29 is 14.7 Å². The van der Waals surface area contributed by atoms with Crippen LogP contribution in [-0.2, 0) is 11.3 Å². The van der Waals surface area contributed by atoms with Crippen LogP contribution >= 0.6 is 0 Å². The maximum Gasteiger partial charge on any atom is 0.273 e. The zero-order valence-electron chi connectivity index (χ0n) is 14.9. The Labute approximate surface area is 151 Å². The lowest BCUT2D eigenvalue weighted by molar-refractivity contribution is -0.122. The van der Waals surface area contributed by atoms with E-state index >= 15 is 0 Å². The molecule has 0 aliphatic heterocycles. The fourth-order valence-electron chi connectivity index (χ4n) is 2.74. The Morgan fingerprint density at radius 2 is 2.15 bits per heavy atom. The van der Waals surface area contributed by atoms with E-state index in [0.717, 1.165) is 23.9 Å². The average Bonchev–Trinajstić information content (AvgIpc) is 2.93. The summed E-state index contributed by atoms with van der Waals surface area (Å²) < 4.78 is 1.72. The molecule has 0 aliphatic rings. The van der Waals surface area contributed by atoms with Gasteiger partial charge in [0.05, 0.1) is 17.7 Å². The van der Waals surface area contributed by atoms with E-state index in [1.54, 1.807) is 4.68 Å². The van der Waals surface area contributed by atoms with Crippen LogP contribution in [0.15, 0.2) is 18.2 Å². The first kappa shape index (κ1) is 19.4. The van der Waals surface area contributed by atoms with E-state index in [9.17, 15) is 14.7 Å². The van der Waals surface area contributed by atoms with Crippen molar-refractivity contribution in [1.82, 2.24) is 15.1 Å². The Balaban J connectivity index is 2.33. The molecule has 1 heterocycles. The van der Waals surface area contributed by atoms with E-state index in [4.69, 9.17) is 11.0 Å². The zero-order chi connectivity index (χ0) is 19.3. The molecule has 2 atom stereocenters. The largest absolute Gasteiger partial charge is 0.391 e. The summed E-state index contributed by atoms with van der Waals surface area (Å²) in [5.74, 6) is -1.38. The number of amides is 2. The molecule has 0 spiro atoms. The van der Waals surface area contributed by atoms with Crippen molar-refractivity contribution in [3.05, 3.63) is 29.5 Å². The first-order chi connectivity index (χ1) is 12.3. The summed E-state index contributed by atoms with van der Waals surface area (Å²) in [4.78, 5) is 24.1. The number of carbonyl (C=O) groups excluding carboxylic acids is 2. The second-order valence-corrected chi connectivity index (χ2v) is 6.30. The predicted molar refractivity (Wildman–Crippen MR) is 96.1 cm³/mol. The number of primary amides is 1. The van der Waals surface area contributed by atoms with Gasteiger partial charge < -0.3 is 16.2 Å². The molecule has 4 N–H and O–H groups in total. The fraction of sp³-hybridized carbons (Fsp3) is 0.444. The second-order valence-electron chi connectivity index (χ2n) is 6.30. The number of nitrogens with one attached hydrogen (secondary N) is 1. The number of aliphatic hydroxyl groups is 1. The van der Waals surface area contributed by atoms with Crippen molar-refractivity contribution in [2.24, 2.45) is 5.73 Å². The minimum atomic E-state index is -1.19. The summed E-state index contributed by atoms with van der Waals surface area (Å²) >= 11 is 0. The van der Waals surface area contributed by atoms with Gasteiger partial charge in [-0.1, -0.05) is 11.6 Å². The Bertz CT molecular complexity index is 850. The Morgan fingerprint density at radius 1 is 1.42 bits per heavy atom. The second kappa shape index (κ2) is 8.45. The monoisotopic (exact) mass is 357 g/mol. The molecule has 2 aromatic rings. The Hall–Kier alpha value is -2.92. The maximum atomic E-state index is 12.6. The summed E-state index contributed by atoms with van der Waals surface area (Å²) in [6.07, 6.45) is 0.867. The van der Waals surface area contributed by atoms with Crippen LogP contribution in [0.3, 0.4) is 0 Å². The van der Waals surface area contributed by atoms with Gasteiger partial charge in [-0.3, -0.25) is 14.3 Å². The predicted octanol–water partition coefficient (Wildman–Crippen LogP) is 1.00. The first-order valence-corrected chi connectivity index (χ1v) is 8.47. The van der Waals surface area contributed by atoms with Crippen molar-refractivity contribution >= 4 is 22.7 Å². The highest BCUT2D eigenvalue weighted by molar-refractivity contribution is 6.06. The Kier molecular flexibility index (Phi) is 6.31. The number of carbonyl (C=O) groups is 2. The fourth-order valence-corrected chi connectivity index (χ4v) is 2.74. The van der Waals surface area contributed by atoms with Crippen molar-refractivity contribution in [2.75, 3.05) is 0 Å². The van der Waals surface area contributed by atoms with Gasteiger partial charge in [0.2, 0.25) is 5.91 Å². The van der Waals surface area contributed by atoms with Crippen molar-refractivity contribution in [1.29, 1.82) is 5.26 Å². The van der Waals surface area contributed by atoms with Crippen LogP contribution in [0.25, 0.3) is 10.9 Å². The molecule has 2 amide bonds. The molecular weight excluding hydrogens is 334 g/mol. The maximum absolute atomic E-state index is 12.6. The highest BCUT2D eigenvalue weighted by Crippen LogP contribution is 2.21. The third-order valence-corrected chi connectivity index (χ3v) is 4.11. The molecule has 2 rings (SSSR count). The van der Waals surface area contributed by atoms with E-state index in [2.05, 4.69) is 16.5 Å². The van der Waals surface area contributed by atoms with E-state index in [0.29, 0.717) is 18.4 Å². The molecule has 1 aromatic carbocycles. The molecule has 8 nitrogen and oxygen atoms in total. The molecule has 1 unspecified atom stereocenters. The van der Waals surface area contributed by atoms with Crippen LogP contribution in [0.2, 0.25) is 0 Å². The molecule has 138 valence electrons. The van der Waals surface area contributed by atoms with E-state index in [1.807, 2.05) is 25.1 Å². The van der Waals surface area contributed by atoms with Crippen LogP contribution in [-0.4, -0.2) is 38.8 Å². The molecule has 26 heavy (non-hydrogen) atoms. The Morgan fingerprint density at radius 3 is 2.77 bits per heavy atom. The number of hydrogen-bond donors (Lipinski definition) is 3. The smallest absolute Gasteiger partial charge is 0.273 e. The number of nitrogens with zero attached hydrogens (tertiary/aromatic N) is 3. The van der Waals surface area contributed by atoms with Gasteiger partial charge in [-0.05, 0) is 38.8 Å². The van der Waals surface area contributed by atoms with Crippen LogP contribution in [0.4, 0.5) is 0 Å². The van der Waals surface area contributed by atoms with Crippen LogP contribution in [0.5, 0.6) is 0 Å². The lowest BCUT2D eigenvalue weighted by atomic mass is 10.1. The van der Waals surface area contributed by atoms with Gasteiger partial charge in [0.15, 0.2) is 5.69 Å². The van der Waals surface area contributed by atoms with E-state index in [-0.39, 0.29) is 5.69 Å². The van der Waals surface area contributed by atoms with Crippen molar-refractivity contribution in [3.8, 4) is 6.07 Å². The van der Waals surface area contributed by atoms with Crippen LogP contribution in [0, 0.1) is 18.3 Å². The number of hydrogen-bond acceptors (Lipinski definition) is 5. The molecule has 0 fully saturated rings. The molecule has 0 aliphatic carbocycles. The number of aryl methyl sites for hydroxylation is 2. The third kappa shape index (κ3) is 4.37. The number of nitrogens with two attached hydrogens (primary N) is 1. The number of aromatic nitrogens is 2. The summed E-state index contributed by atoms with van der Waals surface area (Å²) in [5.41, 5.74) is 7.18. The summed E-state index contributed by atoms with van der Waals surface area (Å²) in [5, 5.41) is 25.8. The van der Waals surface area contributed by atoms with Gasteiger partial charge in [0.1, 0.15) is 6.04 Å². The van der Waals surface area contributed by atoms with Crippen molar-refractivity contribution in [2.45, 2.75) is 51.8 Å². The first-order valence-electron chi connectivity index (χ1n) is 8.47. The normalized spacial score (nSPS) is 13.2. The zero-order valence-corrected chi connectivity index (χ0v) is 14.9. The lowest BCUT2D eigenvalue weighted by Crippen LogP contribution is -2.50. The summed E-state index contributed by atoms with van der Waals surface area (Å²) in [6.45, 7) is 3.86. The highest BCUT2D eigenvalue weighted by Gasteiger charge is 2.26. The molecule has 0 radical (unpaired) electrons. The molecule has 0 saturated heterocycles. The average molecular weight is 357 g/mol. The molecular formula is C18H23N5O3. The van der Waals surface area contributed by atoms with Crippen LogP contribution in [0.1, 0.15) is 42.2 Å². The SMILES string of the molecule is Cc1ccc2c(c1)c(C(=O)NC(C(N)=O)[C@@H](C)O)nn2CCCCC#N. The topological polar surface area (TPSA) is 134 Å².